The maximum absolute atomic E-state index is 13.1. The Morgan fingerprint density at radius 2 is 1.70 bits per heavy atom. The fourth-order valence-electron chi connectivity index (χ4n) is 2.44. The number of phenols is 1. The lowest BCUT2D eigenvalue weighted by molar-refractivity contribution is -0.136. The Labute approximate surface area is 130 Å². The zero-order valence-corrected chi connectivity index (χ0v) is 12.2. The minimum atomic E-state index is -4.47. The molecule has 0 saturated heterocycles. The van der Waals surface area contributed by atoms with Gasteiger partial charge < -0.3 is 5.11 Å². The highest BCUT2D eigenvalue weighted by molar-refractivity contribution is 5.82. The Morgan fingerprint density at radius 3 is 2.30 bits per heavy atom. The third-order valence-electron chi connectivity index (χ3n) is 3.55. The van der Waals surface area contributed by atoms with Crippen LogP contribution in [0.5, 0.6) is 5.75 Å². The van der Waals surface area contributed by atoms with Crippen LogP contribution in [0.4, 0.5) is 13.2 Å². The average molecular weight is 318 g/mol. The van der Waals surface area contributed by atoms with Crippen LogP contribution < -0.4 is 0 Å². The second-order valence-electron chi connectivity index (χ2n) is 5.09. The number of hydrogen-bond acceptors (Lipinski definition) is 3. The molecule has 6 heteroatoms. The van der Waals surface area contributed by atoms with Crippen LogP contribution in [0.3, 0.4) is 0 Å². The fourth-order valence-corrected chi connectivity index (χ4v) is 2.44. The first-order chi connectivity index (χ1) is 10.9. The van der Waals surface area contributed by atoms with Crippen LogP contribution in [0.15, 0.2) is 42.5 Å². The van der Waals surface area contributed by atoms with Crippen LogP contribution in [0.25, 0.3) is 22.3 Å². The minimum absolute atomic E-state index is 0.111. The summed E-state index contributed by atoms with van der Waals surface area (Å²) in [6, 6.07) is 10.2. The van der Waals surface area contributed by atoms with Gasteiger partial charge in [-0.2, -0.15) is 13.2 Å². The number of hydrogen-bond donors (Lipinski definition) is 1. The lowest BCUT2D eigenvalue weighted by Gasteiger charge is -2.13. The Balaban J connectivity index is 2.27. The van der Waals surface area contributed by atoms with E-state index in [9.17, 15) is 18.3 Å². The highest BCUT2D eigenvalue weighted by atomic mass is 19.4. The summed E-state index contributed by atoms with van der Waals surface area (Å²) in [4.78, 5) is 8.59. The second kappa shape index (κ2) is 5.53. The van der Waals surface area contributed by atoms with Gasteiger partial charge in [-0.1, -0.05) is 13.0 Å². The molecule has 0 bridgehead atoms. The number of fused-ring (bicyclic) bond motifs is 1. The standard InChI is InChI=1S/C17H13F3N2O/c1-2-13-15(10-6-8-11(23)9-7-10)22-14-5-3-4-12(16(14)21-13)17(18,19)20/h3-9,23H,2H2,1H3. The highest BCUT2D eigenvalue weighted by Crippen LogP contribution is 2.35. The van der Waals surface area contributed by atoms with E-state index in [1.165, 1.54) is 24.3 Å². The SMILES string of the molecule is CCc1nc2c(C(F)(F)F)cccc2nc1-c1ccc(O)cc1. The molecule has 3 aromatic rings. The summed E-state index contributed by atoms with van der Waals surface area (Å²) in [6.45, 7) is 1.82. The Hall–Kier alpha value is -2.63. The number of nitrogens with zero attached hydrogens (tertiary/aromatic N) is 2. The predicted octanol–water partition coefficient (Wildman–Crippen LogP) is 4.58. The summed E-state index contributed by atoms with van der Waals surface area (Å²) in [7, 11) is 0. The van der Waals surface area contributed by atoms with Crippen LogP contribution in [0.2, 0.25) is 0 Å². The molecule has 1 heterocycles. The van der Waals surface area contributed by atoms with E-state index >= 15 is 0 Å². The molecule has 0 spiro atoms. The molecule has 0 saturated carbocycles. The maximum atomic E-state index is 13.1. The number of aromatic nitrogens is 2. The van der Waals surface area contributed by atoms with E-state index in [2.05, 4.69) is 9.97 Å². The minimum Gasteiger partial charge on any atom is -0.508 e. The van der Waals surface area contributed by atoms with Gasteiger partial charge in [0.15, 0.2) is 0 Å². The molecular weight excluding hydrogens is 305 g/mol. The number of aromatic hydroxyl groups is 1. The van der Waals surface area contributed by atoms with Gasteiger partial charge in [0.1, 0.15) is 11.3 Å². The normalized spacial score (nSPS) is 11.8. The van der Waals surface area contributed by atoms with Crippen molar-refractivity contribution >= 4 is 11.0 Å². The van der Waals surface area contributed by atoms with Crippen LogP contribution in [-0.2, 0) is 12.6 Å². The van der Waals surface area contributed by atoms with E-state index in [0.29, 0.717) is 23.4 Å². The summed E-state index contributed by atoms with van der Waals surface area (Å²) in [6.07, 6.45) is -4.02. The van der Waals surface area contributed by atoms with Crippen molar-refractivity contribution < 1.29 is 18.3 Å². The quantitative estimate of drug-likeness (QED) is 0.752. The molecule has 0 fully saturated rings. The summed E-state index contributed by atoms with van der Waals surface area (Å²) < 4.78 is 39.4. The molecule has 3 nitrogen and oxygen atoms in total. The zero-order chi connectivity index (χ0) is 16.6. The van der Waals surface area contributed by atoms with E-state index in [1.807, 2.05) is 6.92 Å². The molecule has 0 aliphatic carbocycles. The summed E-state index contributed by atoms with van der Waals surface area (Å²) in [5, 5.41) is 9.37. The van der Waals surface area contributed by atoms with Gasteiger partial charge in [0.2, 0.25) is 0 Å². The van der Waals surface area contributed by atoms with E-state index in [1.54, 1.807) is 12.1 Å². The molecule has 1 N–H and O–H groups in total. The monoisotopic (exact) mass is 318 g/mol. The first-order valence-electron chi connectivity index (χ1n) is 7.06. The van der Waals surface area contributed by atoms with E-state index < -0.39 is 11.7 Å². The summed E-state index contributed by atoms with van der Waals surface area (Å²) in [5.74, 6) is 0.111. The summed E-state index contributed by atoms with van der Waals surface area (Å²) in [5.41, 5.74) is 0.986. The topological polar surface area (TPSA) is 46.0 Å². The molecule has 2 aromatic carbocycles. The van der Waals surface area contributed by atoms with Gasteiger partial charge >= 0.3 is 6.18 Å². The largest absolute Gasteiger partial charge is 0.508 e. The third kappa shape index (κ3) is 2.84. The fraction of sp³-hybridized carbons (Fsp3) is 0.176. The van der Waals surface area contributed by atoms with E-state index in [4.69, 9.17) is 0 Å². The molecule has 0 amide bonds. The Kier molecular flexibility index (Phi) is 3.67. The molecule has 0 aliphatic heterocycles. The molecule has 23 heavy (non-hydrogen) atoms. The lowest BCUT2D eigenvalue weighted by atomic mass is 10.1. The maximum Gasteiger partial charge on any atom is 0.418 e. The zero-order valence-electron chi connectivity index (χ0n) is 12.2. The number of benzene rings is 2. The lowest BCUT2D eigenvalue weighted by Crippen LogP contribution is -2.08. The van der Waals surface area contributed by atoms with Crippen molar-refractivity contribution in [1.82, 2.24) is 9.97 Å². The molecule has 0 atom stereocenters. The smallest absolute Gasteiger partial charge is 0.418 e. The number of rotatable bonds is 2. The molecule has 1 aromatic heterocycles. The van der Waals surface area contributed by atoms with Gasteiger partial charge in [-0.05, 0) is 42.8 Å². The number of para-hydroxylation sites is 1. The van der Waals surface area contributed by atoms with Crippen LogP contribution in [-0.4, -0.2) is 15.1 Å². The van der Waals surface area contributed by atoms with Crippen molar-refractivity contribution in [3.8, 4) is 17.0 Å². The first-order valence-corrected chi connectivity index (χ1v) is 7.06. The predicted molar refractivity (Wildman–Crippen MR) is 81.0 cm³/mol. The van der Waals surface area contributed by atoms with Crippen molar-refractivity contribution in [3.05, 3.63) is 53.7 Å². The van der Waals surface area contributed by atoms with Crippen molar-refractivity contribution in [2.24, 2.45) is 0 Å². The first kappa shape index (κ1) is 15.3. The van der Waals surface area contributed by atoms with Gasteiger partial charge in [0, 0.05) is 5.56 Å². The third-order valence-corrected chi connectivity index (χ3v) is 3.55. The van der Waals surface area contributed by atoms with E-state index in [0.717, 1.165) is 6.07 Å². The van der Waals surface area contributed by atoms with Gasteiger partial charge in [0.25, 0.3) is 0 Å². The summed E-state index contributed by atoms with van der Waals surface area (Å²) >= 11 is 0. The molecule has 3 rings (SSSR count). The van der Waals surface area contributed by atoms with Gasteiger partial charge in [-0.25, -0.2) is 9.97 Å². The number of halogens is 3. The number of phenolic OH excluding ortho intramolecular Hbond substituents is 1. The van der Waals surface area contributed by atoms with Crippen LogP contribution in [0, 0.1) is 0 Å². The molecule has 0 aliphatic rings. The highest BCUT2D eigenvalue weighted by Gasteiger charge is 2.33. The molecule has 0 radical (unpaired) electrons. The van der Waals surface area contributed by atoms with Crippen molar-refractivity contribution in [3.63, 3.8) is 0 Å². The molecular formula is C17H13F3N2O. The van der Waals surface area contributed by atoms with Crippen LogP contribution in [0.1, 0.15) is 18.2 Å². The number of aryl methyl sites for hydroxylation is 1. The van der Waals surface area contributed by atoms with Crippen molar-refractivity contribution in [2.75, 3.05) is 0 Å². The second-order valence-corrected chi connectivity index (χ2v) is 5.09. The molecule has 0 unspecified atom stereocenters. The van der Waals surface area contributed by atoms with Gasteiger partial charge in [-0.3, -0.25) is 0 Å². The number of alkyl halides is 3. The average Bonchev–Trinajstić information content (AvgIpc) is 2.52. The van der Waals surface area contributed by atoms with E-state index in [-0.39, 0.29) is 16.8 Å². The van der Waals surface area contributed by atoms with Gasteiger partial charge in [-0.15, -0.1) is 0 Å². The van der Waals surface area contributed by atoms with Crippen molar-refractivity contribution in [2.45, 2.75) is 19.5 Å². The van der Waals surface area contributed by atoms with Gasteiger partial charge in [0.05, 0.1) is 22.5 Å². The molecule has 118 valence electrons. The Morgan fingerprint density at radius 1 is 1.00 bits per heavy atom. The van der Waals surface area contributed by atoms with Crippen LogP contribution >= 0.6 is 0 Å². The Bertz CT molecular complexity index is 858. The van der Waals surface area contributed by atoms with Crippen molar-refractivity contribution in [1.29, 1.82) is 0 Å².